The molecule has 17 heavy (non-hydrogen) atoms. The van der Waals surface area contributed by atoms with Gasteiger partial charge in [0.15, 0.2) is 6.29 Å². The van der Waals surface area contributed by atoms with Crippen LogP contribution in [-0.2, 0) is 4.79 Å². The Bertz CT molecular complexity index is 363. The highest BCUT2D eigenvalue weighted by molar-refractivity contribution is 9.10. The van der Waals surface area contributed by atoms with Gasteiger partial charge in [0.2, 0.25) is 6.23 Å². The van der Waals surface area contributed by atoms with E-state index in [1.807, 2.05) is 29.2 Å². The number of ether oxygens (including phenoxy) is 1. The Hall–Kier alpha value is -0.910. The monoisotopic (exact) mass is 298 g/mol. The Kier molecular flexibility index (Phi) is 4.53. The smallest absolute Gasteiger partial charge is 0.209 e. The quantitative estimate of drug-likeness (QED) is 0.850. The molecule has 4 nitrogen and oxygen atoms in total. The van der Waals surface area contributed by atoms with E-state index in [4.69, 9.17) is 4.74 Å². The highest BCUT2D eigenvalue weighted by Crippen LogP contribution is 2.18. The summed E-state index contributed by atoms with van der Waals surface area (Å²) < 4.78 is 6.66. The number of halogens is 1. The molecule has 1 aliphatic rings. The zero-order valence-electron chi connectivity index (χ0n) is 9.43. The first-order chi connectivity index (χ1) is 8.29. The zero-order chi connectivity index (χ0) is 12.1. The minimum Gasteiger partial charge on any atom is -0.468 e. The van der Waals surface area contributed by atoms with Crippen molar-refractivity contribution in [1.82, 2.24) is 10.2 Å². The molecular formula is C12H15BrN2O2. The van der Waals surface area contributed by atoms with Gasteiger partial charge in [-0.1, -0.05) is 15.9 Å². The van der Waals surface area contributed by atoms with Crippen molar-refractivity contribution >= 4 is 22.2 Å². The number of hydrogen-bond acceptors (Lipinski definition) is 4. The van der Waals surface area contributed by atoms with Gasteiger partial charge in [-0.3, -0.25) is 9.69 Å². The molecule has 0 bridgehead atoms. The average molecular weight is 299 g/mol. The SMILES string of the molecule is O=CC(Oc1ccc(Br)cc1)N1CCNCC1. The van der Waals surface area contributed by atoms with Gasteiger partial charge in [-0.2, -0.15) is 0 Å². The van der Waals surface area contributed by atoms with Gasteiger partial charge in [0.25, 0.3) is 0 Å². The van der Waals surface area contributed by atoms with Gasteiger partial charge >= 0.3 is 0 Å². The van der Waals surface area contributed by atoms with Gasteiger partial charge in [0.05, 0.1) is 0 Å². The van der Waals surface area contributed by atoms with Crippen LogP contribution < -0.4 is 10.1 Å². The molecule has 0 amide bonds. The lowest BCUT2D eigenvalue weighted by molar-refractivity contribution is -0.122. The van der Waals surface area contributed by atoms with Crippen molar-refractivity contribution in [3.63, 3.8) is 0 Å². The van der Waals surface area contributed by atoms with Crippen molar-refractivity contribution in [3.05, 3.63) is 28.7 Å². The molecule has 92 valence electrons. The summed E-state index contributed by atoms with van der Waals surface area (Å²) in [7, 11) is 0. The van der Waals surface area contributed by atoms with Gasteiger partial charge in [0, 0.05) is 30.7 Å². The summed E-state index contributed by atoms with van der Waals surface area (Å²) in [6.07, 6.45) is 0.367. The first kappa shape index (κ1) is 12.5. The lowest BCUT2D eigenvalue weighted by Gasteiger charge is -2.31. The minimum atomic E-state index is -0.488. The van der Waals surface area contributed by atoms with Crippen LogP contribution in [-0.4, -0.2) is 43.6 Å². The molecule has 1 heterocycles. The second-order valence-corrected chi connectivity index (χ2v) is 4.80. The van der Waals surface area contributed by atoms with Crippen molar-refractivity contribution in [1.29, 1.82) is 0 Å². The second-order valence-electron chi connectivity index (χ2n) is 3.88. The average Bonchev–Trinajstić information content (AvgIpc) is 2.39. The lowest BCUT2D eigenvalue weighted by Crippen LogP contribution is -2.51. The Labute approximate surface area is 109 Å². The molecule has 1 aromatic rings. The molecule has 0 aromatic heterocycles. The van der Waals surface area contributed by atoms with E-state index in [0.717, 1.165) is 36.9 Å². The Morgan fingerprint density at radius 2 is 1.94 bits per heavy atom. The maximum Gasteiger partial charge on any atom is 0.209 e. The van der Waals surface area contributed by atoms with E-state index < -0.39 is 6.23 Å². The minimum absolute atomic E-state index is 0.488. The highest BCUT2D eigenvalue weighted by atomic mass is 79.9. The molecule has 5 heteroatoms. The topological polar surface area (TPSA) is 41.6 Å². The molecule has 1 fully saturated rings. The van der Waals surface area contributed by atoms with Gasteiger partial charge in [-0.25, -0.2) is 0 Å². The predicted molar refractivity (Wildman–Crippen MR) is 69.1 cm³/mol. The predicted octanol–water partition coefficient (Wildman–Crippen LogP) is 1.26. The maximum atomic E-state index is 11.1. The Balaban J connectivity index is 1.98. The van der Waals surface area contributed by atoms with Crippen molar-refractivity contribution in [2.24, 2.45) is 0 Å². The van der Waals surface area contributed by atoms with Crippen molar-refractivity contribution in [2.75, 3.05) is 26.2 Å². The molecule has 0 aliphatic carbocycles. The first-order valence-corrected chi connectivity index (χ1v) is 6.41. The number of aldehydes is 1. The van der Waals surface area contributed by atoms with Crippen LogP contribution in [0.2, 0.25) is 0 Å². The van der Waals surface area contributed by atoms with E-state index in [1.54, 1.807) is 0 Å². The number of carbonyl (C=O) groups is 1. The summed E-state index contributed by atoms with van der Waals surface area (Å²) in [6.45, 7) is 3.46. The number of benzene rings is 1. The summed E-state index contributed by atoms with van der Waals surface area (Å²) in [4.78, 5) is 13.1. The van der Waals surface area contributed by atoms with Crippen LogP contribution in [0.5, 0.6) is 5.75 Å². The van der Waals surface area contributed by atoms with E-state index in [2.05, 4.69) is 21.2 Å². The molecule has 1 atom stereocenters. The molecule has 1 saturated heterocycles. The van der Waals surface area contributed by atoms with Crippen LogP contribution in [0.4, 0.5) is 0 Å². The van der Waals surface area contributed by atoms with Crippen LogP contribution in [0.1, 0.15) is 0 Å². The molecule has 0 saturated carbocycles. The van der Waals surface area contributed by atoms with Crippen LogP contribution >= 0.6 is 15.9 Å². The molecular weight excluding hydrogens is 284 g/mol. The third kappa shape index (κ3) is 3.52. The molecule has 1 N–H and O–H groups in total. The van der Waals surface area contributed by atoms with E-state index in [0.29, 0.717) is 5.75 Å². The van der Waals surface area contributed by atoms with Gasteiger partial charge < -0.3 is 10.1 Å². The fourth-order valence-electron chi connectivity index (χ4n) is 1.78. The summed E-state index contributed by atoms with van der Waals surface area (Å²) in [5, 5.41) is 3.25. The van der Waals surface area contributed by atoms with Crippen LogP contribution in [0.3, 0.4) is 0 Å². The van der Waals surface area contributed by atoms with Crippen molar-refractivity contribution in [2.45, 2.75) is 6.23 Å². The number of hydrogen-bond donors (Lipinski definition) is 1. The Morgan fingerprint density at radius 3 is 2.53 bits per heavy atom. The summed E-state index contributed by atoms with van der Waals surface area (Å²) >= 11 is 3.36. The van der Waals surface area contributed by atoms with Crippen LogP contribution in [0, 0.1) is 0 Å². The van der Waals surface area contributed by atoms with Gasteiger partial charge in [-0.15, -0.1) is 0 Å². The number of carbonyl (C=O) groups excluding carboxylic acids is 1. The van der Waals surface area contributed by atoms with E-state index >= 15 is 0 Å². The summed E-state index contributed by atoms with van der Waals surface area (Å²) in [6, 6.07) is 7.50. The highest BCUT2D eigenvalue weighted by Gasteiger charge is 2.21. The fourth-order valence-corrected chi connectivity index (χ4v) is 2.04. The lowest BCUT2D eigenvalue weighted by atomic mass is 10.3. The van der Waals surface area contributed by atoms with E-state index in [9.17, 15) is 4.79 Å². The van der Waals surface area contributed by atoms with E-state index in [1.165, 1.54) is 0 Å². The maximum absolute atomic E-state index is 11.1. The number of piperazine rings is 1. The normalized spacial score (nSPS) is 18.6. The van der Waals surface area contributed by atoms with Crippen LogP contribution in [0.15, 0.2) is 28.7 Å². The van der Waals surface area contributed by atoms with Gasteiger partial charge in [0.1, 0.15) is 5.75 Å². The molecule has 1 unspecified atom stereocenters. The van der Waals surface area contributed by atoms with Gasteiger partial charge in [-0.05, 0) is 24.3 Å². The van der Waals surface area contributed by atoms with Crippen molar-refractivity contribution < 1.29 is 9.53 Å². The second kappa shape index (κ2) is 6.14. The molecule has 2 rings (SSSR count). The number of nitrogens with zero attached hydrogens (tertiary/aromatic N) is 1. The molecule has 0 spiro atoms. The third-order valence-corrected chi connectivity index (χ3v) is 3.23. The molecule has 0 radical (unpaired) electrons. The van der Waals surface area contributed by atoms with E-state index in [-0.39, 0.29) is 0 Å². The Morgan fingerprint density at radius 1 is 1.29 bits per heavy atom. The number of nitrogens with one attached hydrogen (secondary N) is 1. The summed E-state index contributed by atoms with van der Waals surface area (Å²) in [5.41, 5.74) is 0. The fraction of sp³-hybridized carbons (Fsp3) is 0.417. The molecule has 1 aromatic carbocycles. The van der Waals surface area contributed by atoms with Crippen LogP contribution in [0.25, 0.3) is 0 Å². The first-order valence-electron chi connectivity index (χ1n) is 5.62. The zero-order valence-corrected chi connectivity index (χ0v) is 11.0. The standard InChI is InChI=1S/C12H15BrN2O2/c13-10-1-3-11(4-2-10)17-12(9-16)15-7-5-14-6-8-15/h1-4,9,12,14H,5-8H2. The largest absolute Gasteiger partial charge is 0.468 e. The van der Waals surface area contributed by atoms with Crippen molar-refractivity contribution in [3.8, 4) is 5.75 Å². The molecule has 1 aliphatic heterocycles. The number of rotatable bonds is 4. The summed E-state index contributed by atoms with van der Waals surface area (Å²) in [5.74, 6) is 0.712. The third-order valence-electron chi connectivity index (χ3n) is 2.70.